The summed E-state index contributed by atoms with van der Waals surface area (Å²) in [6, 6.07) is 14.5. The number of rotatable bonds is 3. The molecule has 3 aromatic rings. The van der Waals surface area contributed by atoms with Gasteiger partial charge in [0.05, 0.1) is 11.8 Å². The van der Waals surface area contributed by atoms with Crippen molar-refractivity contribution in [2.45, 2.75) is 19.9 Å². The Labute approximate surface area is 172 Å². The summed E-state index contributed by atoms with van der Waals surface area (Å²) in [6.07, 6.45) is 1.47. The number of aliphatic hydroxyl groups is 1. The summed E-state index contributed by atoms with van der Waals surface area (Å²) >= 11 is 6.04. The summed E-state index contributed by atoms with van der Waals surface area (Å²) in [5.74, 6) is -1.41. The van der Waals surface area contributed by atoms with Crippen molar-refractivity contribution in [3.05, 3.63) is 93.9 Å². The quantitative estimate of drug-likeness (QED) is 0.369. The Bertz CT molecular complexity index is 1150. The Morgan fingerprint density at radius 2 is 1.83 bits per heavy atom. The first-order valence-corrected chi connectivity index (χ1v) is 9.44. The summed E-state index contributed by atoms with van der Waals surface area (Å²) in [6.45, 7) is 3.90. The van der Waals surface area contributed by atoms with Crippen molar-refractivity contribution in [1.29, 1.82) is 0 Å². The van der Waals surface area contributed by atoms with E-state index in [1.165, 1.54) is 11.2 Å². The molecule has 1 N–H and O–H groups in total. The maximum absolute atomic E-state index is 13.0. The fourth-order valence-electron chi connectivity index (χ4n) is 3.48. The maximum Gasteiger partial charge on any atom is 0.300 e. The first-order valence-electron chi connectivity index (χ1n) is 9.06. The SMILES string of the molecule is Cc1ccc(N2C(=O)C(=O)/C(=C(\O)c3cccc(Cl)c3)C2c2ccco2)cc1C. The van der Waals surface area contributed by atoms with Gasteiger partial charge in [-0.3, -0.25) is 14.5 Å². The first-order chi connectivity index (χ1) is 13.9. The molecule has 0 bridgehead atoms. The molecule has 1 aliphatic rings. The number of Topliss-reactive ketones (excluding diaryl/α,β-unsaturated/α-hetero) is 1. The van der Waals surface area contributed by atoms with Gasteiger partial charge >= 0.3 is 0 Å². The van der Waals surface area contributed by atoms with E-state index in [0.29, 0.717) is 22.0 Å². The molecular weight excluding hydrogens is 390 g/mol. The summed E-state index contributed by atoms with van der Waals surface area (Å²) in [5.41, 5.74) is 2.93. The maximum atomic E-state index is 13.0. The summed E-state index contributed by atoms with van der Waals surface area (Å²) < 4.78 is 5.54. The molecule has 146 valence electrons. The number of amides is 1. The highest BCUT2D eigenvalue weighted by molar-refractivity contribution is 6.51. The largest absolute Gasteiger partial charge is 0.507 e. The molecule has 2 heterocycles. The molecule has 29 heavy (non-hydrogen) atoms. The van der Waals surface area contributed by atoms with Crippen LogP contribution in [0, 0.1) is 13.8 Å². The smallest absolute Gasteiger partial charge is 0.300 e. The number of halogens is 1. The van der Waals surface area contributed by atoms with Gasteiger partial charge in [0.2, 0.25) is 0 Å². The molecule has 1 aliphatic heterocycles. The molecule has 0 aliphatic carbocycles. The molecule has 0 saturated carbocycles. The third-order valence-electron chi connectivity index (χ3n) is 5.12. The molecule has 1 aromatic heterocycles. The molecule has 1 amide bonds. The van der Waals surface area contributed by atoms with Crippen molar-refractivity contribution >= 4 is 34.7 Å². The van der Waals surface area contributed by atoms with Crippen molar-refractivity contribution in [3.63, 3.8) is 0 Å². The van der Waals surface area contributed by atoms with Crippen LogP contribution in [0.1, 0.15) is 28.5 Å². The normalized spacial score (nSPS) is 18.4. The molecule has 6 heteroatoms. The predicted molar refractivity (Wildman–Crippen MR) is 111 cm³/mol. The minimum atomic E-state index is -0.883. The number of aliphatic hydroxyl groups excluding tert-OH is 1. The van der Waals surface area contributed by atoms with Crippen LogP contribution in [0.15, 0.2) is 70.9 Å². The second kappa shape index (κ2) is 7.26. The highest BCUT2D eigenvalue weighted by Gasteiger charge is 2.48. The third kappa shape index (κ3) is 3.23. The van der Waals surface area contributed by atoms with Crippen molar-refractivity contribution in [2.75, 3.05) is 4.90 Å². The van der Waals surface area contributed by atoms with Gasteiger partial charge in [0.25, 0.3) is 11.7 Å². The fraction of sp³-hybridized carbons (Fsp3) is 0.130. The lowest BCUT2D eigenvalue weighted by Crippen LogP contribution is -2.29. The summed E-state index contributed by atoms with van der Waals surface area (Å²) in [7, 11) is 0. The molecule has 1 unspecified atom stereocenters. The molecular formula is C23H18ClNO4. The molecule has 0 radical (unpaired) electrons. The second-order valence-electron chi connectivity index (χ2n) is 6.96. The topological polar surface area (TPSA) is 70.8 Å². The molecule has 2 aromatic carbocycles. The van der Waals surface area contributed by atoms with Crippen molar-refractivity contribution in [3.8, 4) is 0 Å². The van der Waals surface area contributed by atoms with E-state index in [-0.39, 0.29) is 11.3 Å². The Balaban J connectivity index is 1.94. The first kappa shape index (κ1) is 19.0. The van der Waals surface area contributed by atoms with Gasteiger partial charge in [-0.25, -0.2) is 0 Å². The van der Waals surface area contributed by atoms with Gasteiger partial charge in [-0.1, -0.05) is 29.8 Å². The van der Waals surface area contributed by atoms with Crippen LogP contribution in [0.5, 0.6) is 0 Å². The number of hydrogen-bond acceptors (Lipinski definition) is 4. The van der Waals surface area contributed by atoms with E-state index in [1.807, 2.05) is 26.0 Å². The zero-order valence-electron chi connectivity index (χ0n) is 15.8. The summed E-state index contributed by atoms with van der Waals surface area (Å²) in [4.78, 5) is 27.3. The highest BCUT2D eigenvalue weighted by Crippen LogP contribution is 2.42. The lowest BCUT2D eigenvalue weighted by atomic mass is 9.99. The van der Waals surface area contributed by atoms with Crippen LogP contribution >= 0.6 is 11.6 Å². The Morgan fingerprint density at radius 1 is 1.03 bits per heavy atom. The third-order valence-corrected chi connectivity index (χ3v) is 5.36. The minimum Gasteiger partial charge on any atom is -0.507 e. The fourth-order valence-corrected chi connectivity index (χ4v) is 3.67. The Kier molecular flexibility index (Phi) is 4.76. The number of carbonyl (C=O) groups is 2. The van der Waals surface area contributed by atoms with Crippen LogP contribution in [0.3, 0.4) is 0 Å². The van der Waals surface area contributed by atoms with Crippen LogP contribution in [0.2, 0.25) is 5.02 Å². The number of furan rings is 1. The zero-order valence-corrected chi connectivity index (χ0v) is 16.6. The lowest BCUT2D eigenvalue weighted by molar-refractivity contribution is -0.132. The van der Waals surface area contributed by atoms with Crippen molar-refractivity contribution in [2.24, 2.45) is 0 Å². The summed E-state index contributed by atoms with van der Waals surface area (Å²) in [5, 5.41) is 11.4. The van der Waals surface area contributed by atoms with E-state index in [9.17, 15) is 14.7 Å². The predicted octanol–water partition coefficient (Wildman–Crippen LogP) is 5.18. The number of carbonyl (C=O) groups excluding carboxylic acids is 2. The average Bonchev–Trinajstić information content (AvgIpc) is 3.31. The molecule has 1 saturated heterocycles. The average molecular weight is 408 g/mol. The van der Waals surface area contributed by atoms with E-state index in [2.05, 4.69) is 0 Å². The molecule has 1 atom stereocenters. The number of benzene rings is 2. The monoisotopic (exact) mass is 407 g/mol. The van der Waals surface area contributed by atoms with E-state index in [1.54, 1.807) is 42.5 Å². The number of nitrogens with zero attached hydrogens (tertiary/aromatic N) is 1. The Hall–Kier alpha value is -3.31. The van der Waals surface area contributed by atoms with Crippen molar-refractivity contribution in [1.82, 2.24) is 0 Å². The van der Waals surface area contributed by atoms with Gasteiger partial charge in [0.15, 0.2) is 0 Å². The standard InChI is InChI=1S/C23H18ClNO4/c1-13-8-9-17(11-14(13)2)25-20(18-7-4-10-29-18)19(22(27)23(25)28)21(26)15-5-3-6-16(24)12-15/h3-12,20,26H,1-2H3/b21-19-. The van der Waals surface area contributed by atoms with Crippen LogP contribution in [0.4, 0.5) is 5.69 Å². The number of hydrogen-bond donors (Lipinski definition) is 1. The second-order valence-corrected chi connectivity index (χ2v) is 7.40. The van der Waals surface area contributed by atoms with Gasteiger partial charge < -0.3 is 9.52 Å². The zero-order chi connectivity index (χ0) is 20.7. The van der Waals surface area contributed by atoms with E-state index < -0.39 is 17.7 Å². The van der Waals surface area contributed by atoms with E-state index in [0.717, 1.165) is 11.1 Å². The molecule has 4 rings (SSSR count). The number of anilines is 1. The lowest BCUT2D eigenvalue weighted by Gasteiger charge is -2.24. The van der Waals surface area contributed by atoms with Gasteiger partial charge in [0, 0.05) is 16.3 Å². The van der Waals surface area contributed by atoms with Gasteiger partial charge in [-0.2, -0.15) is 0 Å². The van der Waals surface area contributed by atoms with Crippen LogP contribution in [0.25, 0.3) is 5.76 Å². The van der Waals surface area contributed by atoms with Crippen LogP contribution in [-0.4, -0.2) is 16.8 Å². The highest BCUT2D eigenvalue weighted by atomic mass is 35.5. The molecule has 5 nitrogen and oxygen atoms in total. The minimum absolute atomic E-state index is 0.0366. The van der Waals surface area contributed by atoms with Gasteiger partial charge in [-0.15, -0.1) is 0 Å². The molecule has 1 fully saturated rings. The van der Waals surface area contributed by atoms with Gasteiger partial charge in [0.1, 0.15) is 17.6 Å². The molecule has 0 spiro atoms. The van der Waals surface area contributed by atoms with Crippen LogP contribution < -0.4 is 4.90 Å². The number of ketones is 1. The number of aryl methyl sites for hydroxylation is 2. The van der Waals surface area contributed by atoms with E-state index >= 15 is 0 Å². The Morgan fingerprint density at radius 3 is 2.48 bits per heavy atom. The van der Waals surface area contributed by atoms with Gasteiger partial charge in [-0.05, 0) is 61.4 Å². The van der Waals surface area contributed by atoms with Crippen molar-refractivity contribution < 1.29 is 19.1 Å². The van der Waals surface area contributed by atoms with Crippen LogP contribution in [-0.2, 0) is 9.59 Å². The van der Waals surface area contributed by atoms with E-state index in [4.69, 9.17) is 16.0 Å².